The zero-order valence-corrected chi connectivity index (χ0v) is 21.9. The number of anilines is 1. The lowest BCUT2D eigenvalue weighted by atomic mass is 9.93. The normalized spacial score (nSPS) is 17.0. The van der Waals surface area contributed by atoms with Crippen LogP contribution in [0.2, 0.25) is 0 Å². The molecule has 36 heavy (non-hydrogen) atoms. The molecular formula is C27H31N5O3S. The minimum atomic E-state index is -0.269. The highest BCUT2D eigenvalue weighted by molar-refractivity contribution is 7.10. The van der Waals surface area contributed by atoms with Crippen LogP contribution in [0.5, 0.6) is 0 Å². The van der Waals surface area contributed by atoms with E-state index in [1.807, 2.05) is 55.7 Å². The first-order valence-corrected chi connectivity index (χ1v) is 13.2. The van der Waals surface area contributed by atoms with Crippen molar-refractivity contribution in [1.82, 2.24) is 19.6 Å². The Hall–Kier alpha value is -3.46. The van der Waals surface area contributed by atoms with Gasteiger partial charge in [0.15, 0.2) is 0 Å². The van der Waals surface area contributed by atoms with Gasteiger partial charge in [-0.1, -0.05) is 12.1 Å². The molecule has 1 atom stereocenters. The highest BCUT2D eigenvalue weighted by atomic mass is 32.1. The van der Waals surface area contributed by atoms with Gasteiger partial charge >= 0.3 is 0 Å². The van der Waals surface area contributed by atoms with Crippen LogP contribution in [0.3, 0.4) is 0 Å². The molecule has 0 saturated carbocycles. The maximum Gasteiger partial charge on any atom is 0.263 e. The number of hydrogen-bond acceptors (Lipinski definition) is 6. The number of carbonyl (C=O) groups is 3. The van der Waals surface area contributed by atoms with Crippen LogP contribution in [0.1, 0.15) is 62.7 Å². The first-order chi connectivity index (χ1) is 17.3. The predicted molar refractivity (Wildman–Crippen MR) is 139 cm³/mol. The molecular weight excluding hydrogens is 474 g/mol. The predicted octanol–water partition coefficient (Wildman–Crippen LogP) is 4.02. The summed E-state index contributed by atoms with van der Waals surface area (Å²) < 4.78 is 1.69. The summed E-state index contributed by atoms with van der Waals surface area (Å²) in [6, 6.07) is 9.60. The summed E-state index contributed by atoms with van der Waals surface area (Å²) in [5, 5.41) is 6.36. The van der Waals surface area contributed by atoms with Crippen molar-refractivity contribution in [2.45, 2.75) is 39.3 Å². The van der Waals surface area contributed by atoms with Gasteiger partial charge in [-0.25, -0.2) is 0 Å². The molecule has 2 aliphatic rings. The SMILES string of the molecule is Cc1nn(C)cc1CN1C(=O)c2cccc(N3CCC(C(=O)N(C)C(C)c4cccs4)CC3)c2C1=O. The van der Waals surface area contributed by atoms with Crippen LogP contribution in [0.25, 0.3) is 0 Å². The van der Waals surface area contributed by atoms with Gasteiger partial charge in [-0.15, -0.1) is 11.3 Å². The van der Waals surface area contributed by atoms with E-state index in [-0.39, 0.29) is 36.2 Å². The molecule has 0 bridgehead atoms. The largest absolute Gasteiger partial charge is 0.371 e. The van der Waals surface area contributed by atoms with E-state index in [0.717, 1.165) is 16.9 Å². The van der Waals surface area contributed by atoms with Crippen LogP contribution in [0.15, 0.2) is 41.9 Å². The van der Waals surface area contributed by atoms with Gasteiger partial charge in [0.2, 0.25) is 5.91 Å². The average Bonchev–Trinajstić information content (AvgIpc) is 3.59. The number of amides is 3. The number of hydrogen-bond donors (Lipinski definition) is 0. The van der Waals surface area contributed by atoms with Gasteiger partial charge in [0.25, 0.3) is 11.8 Å². The summed E-state index contributed by atoms with van der Waals surface area (Å²) in [5.74, 6) is -0.420. The lowest BCUT2D eigenvalue weighted by Crippen LogP contribution is -2.42. The zero-order valence-electron chi connectivity index (χ0n) is 21.1. The molecule has 1 aromatic carbocycles. The van der Waals surface area contributed by atoms with Crippen molar-refractivity contribution in [3.05, 3.63) is 69.2 Å². The Morgan fingerprint density at radius 1 is 1.17 bits per heavy atom. The molecule has 1 fully saturated rings. The van der Waals surface area contributed by atoms with Crippen molar-refractivity contribution in [3.8, 4) is 0 Å². The molecule has 4 heterocycles. The minimum absolute atomic E-state index is 0.0472. The van der Waals surface area contributed by atoms with Crippen molar-refractivity contribution < 1.29 is 14.4 Å². The molecule has 0 spiro atoms. The smallest absolute Gasteiger partial charge is 0.263 e. The van der Waals surface area contributed by atoms with E-state index in [2.05, 4.69) is 23.0 Å². The van der Waals surface area contributed by atoms with Crippen LogP contribution < -0.4 is 4.90 Å². The van der Waals surface area contributed by atoms with Crippen LogP contribution >= 0.6 is 11.3 Å². The van der Waals surface area contributed by atoms with E-state index >= 15 is 0 Å². The third-order valence-electron chi connectivity index (χ3n) is 7.49. The Kier molecular flexibility index (Phi) is 6.42. The maximum absolute atomic E-state index is 13.4. The van der Waals surface area contributed by atoms with Crippen molar-refractivity contribution >= 4 is 34.7 Å². The second kappa shape index (κ2) is 9.54. The Labute approximate surface area is 215 Å². The quantitative estimate of drug-likeness (QED) is 0.473. The number of imide groups is 1. The van der Waals surface area contributed by atoms with E-state index in [1.54, 1.807) is 22.1 Å². The van der Waals surface area contributed by atoms with E-state index < -0.39 is 0 Å². The summed E-state index contributed by atoms with van der Waals surface area (Å²) in [5.41, 5.74) is 3.36. The van der Waals surface area contributed by atoms with E-state index in [1.165, 1.54) is 9.78 Å². The Bertz CT molecular complexity index is 1310. The Morgan fingerprint density at radius 2 is 1.92 bits per heavy atom. The molecule has 5 rings (SSSR count). The second-order valence-corrected chi connectivity index (χ2v) is 10.7. The summed E-state index contributed by atoms with van der Waals surface area (Å²) in [4.78, 5) is 46.3. The standard InChI is InChI=1S/C27H31N5O3S/c1-17-20(15-29(3)28-17)16-32-26(34)21-7-5-8-22(24(21)27(32)35)31-12-10-19(11-13-31)25(33)30(4)18(2)23-9-6-14-36-23/h5-9,14-15,18-19H,10-13,16H2,1-4H3. The van der Waals surface area contributed by atoms with Gasteiger partial charge in [0, 0.05) is 49.7 Å². The topological polar surface area (TPSA) is 78.8 Å². The second-order valence-electron chi connectivity index (χ2n) is 9.71. The maximum atomic E-state index is 13.4. The Morgan fingerprint density at radius 3 is 2.56 bits per heavy atom. The number of benzene rings is 1. The molecule has 0 N–H and O–H groups in total. The van der Waals surface area contributed by atoms with E-state index in [9.17, 15) is 14.4 Å². The monoisotopic (exact) mass is 505 g/mol. The summed E-state index contributed by atoms with van der Waals surface area (Å²) in [6.45, 7) is 5.47. The van der Waals surface area contributed by atoms with Crippen LogP contribution in [0, 0.1) is 12.8 Å². The number of thiophene rings is 1. The molecule has 188 valence electrons. The molecule has 0 radical (unpaired) electrons. The van der Waals surface area contributed by atoms with Gasteiger partial charge in [-0.3, -0.25) is 24.0 Å². The van der Waals surface area contributed by atoms with Crippen molar-refractivity contribution in [2.24, 2.45) is 13.0 Å². The van der Waals surface area contributed by atoms with E-state index in [4.69, 9.17) is 0 Å². The number of nitrogens with zero attached hydrogens (tertiary/aromatic N) is 5. The molecule has 2 aromatic heterocycles. The number of rotatable bonds is 6. The average molecular weight is 506 g/mol. The van der Waals surface area contributed by atoms with Crippen molar-refractivity contribution in [3.63, 3.8) is 0 Å². The molecule has 0 aliphatic carbocycles. The highest BCUT2D eigenvalue weighted by Gasteiger charge is 2.39. The third kappa shape index (κ3) is 4.21. The number of piperidine rings is 1. The first-order valence-electron chi connectivity index (χ1n) is 12.3. The van der Waals surface area contributed by atoms with Crippen LogP contribution in [-0.4, -0.2) is 57.4 Å². The van der Waals surface area contributed by atoms with Gasteiger partial charge < -0.3 is 9.80 Å². The summed E-state index contributed by atoms with van der Waals surface area (Å²) in [7, 11) is 3.71. The highest BCUT2D eigenvalue weighted by Crippen LogP contribution is 2.35. The molecule has 8 nitrogen and oxygen atoms in total. The van der Waals surface area contributed by atoms with Gasteiger partial charge in [0.1, 0.15) is 0 Å². The molecule has 2 aliphatic heterocycles. The molecule has 1 unspecified atom stereocenters. The molecule has 3 amide bonds. The first kappa shape index (κ1) is 24.2. The fourth-order valence-electron chi connectivity index (χ4n) is 5.26. The van der Waals surface area contributed by atoms with Crippen LogP contribution in [-0.2, 0) is 18.4 Å². The minimum Gasteiger partial charge on any atom is -0.371 e. The number of carbonyl (C=O) groups excluding carboxylic acids is 3. The molecule has 1 saturated heterocycles. The van der Waals surface area contributed by atoms with Gasteiger partial charge in [-0.2, -0.15) is 5.10 Å². The van der Waals surface area contributed by atoms with Crippen molar-refractivity contribution in [2.75, 3.05) is 25.0 Å². The molecule has 9 heteroatoms. The van der Waals surface area contributed by atoms with Gasteiger partial charge in [-0.05, 0) is 50.3 Å². The van der Waals surface area contributed by atoms with Gasteiger partial charge in [0.05, 0.1) is 35.1 Å². The van der Waals surface area contributed by atoms with Crippen LogP contribution in [0.4, 0.5) is 5.69 Å². The number of aryl methyl sites for hydroxylation is 2. The molecule has 3 aromatic rings. The van der Waals surface area contributed by atoms with E-state index in [0.29, 0.717) is 37.1 Å². The number of aromatic nitrogens is 2. The fraction of sp³-hybridized carbons (Fsp3) is 0.407. The lowest BCUT2D eigenvalue weighted by Gasteiger charge is -2.36. The van der Waals surface area contributed by atoms with Crippen molar-refractivity contribution in [1.29, 1.82) is 0 Å². The summed E-state index contributed by atoms with van der Waals surface area (Å²) >= 11 is 1.66. The summed E-state index contributed by atoms with van der Waals surface area (Å²) in [6.07, 6.45) is 3.27. The zero-order chi connectivity index (χ0) is 25.6. The Balaban J connectivity index is 1.29. The number of fused-ring (bicyclic) bond motifs is 1. The third-order valence-corrected chi connectivity index (χ3v) is 8.53. The lowest BCUT2D eigenvalue weighted by molar-refractivity contribution is -0.136. The fourth-order valence-corrected chi connectivity index (χ4v) is 6.09.